The molecule has 0 bridgehead atoms. The van der Waals surface area contributed by atoms with E-state index >= 15 is 0 Å². The molecule has 2 amide bonds. The average Bonchev–Trinajstić information content (AvgIpc) is 2.85. The zero-order valence-electron chi connectivity index (χ0n) is 22.7. The third-order valence-electron chi connectivity index (χ3n) is 5.30. The predicted molar refractivity (Wildman–Crippen MR) is 152 cm³/mol. The molecule has 0 aliphatic heterocycles. The number of rotatable bonds is 10. The Hall–Kier alpha value is -4.26. The van der Waals surface area contributed by atoms with Crippen molar-refractivity contribution in [3.63, 3.8) is 0 Å². The maximum absolute atomic E-state index is 12.7. The number of hydrogen-bond acceptors (Lipinski definition) is 5. The van der Waals surface area contributed by atoms with Crippen molar-refractivity contribution < 1.29 is 23.8 Å². The molecule has 3 aromatic rings. The Kier molecular flexibility index (Phi) is 9.93. The Balaban J connectivity index is 1.53. The number of aryl methyl sites for hydroxylation is 1. The Morgan fingerprint density at radius 2 is 1.61 bits per heavy atom. The van der Waals surface area contributed by atoms with Crippen molar-refractivity contribution >= 4 is 29.8 Å². The van der Waals surface area contributed by atoms with Crippen molar-refractivity contribution in [3.8, 4) is 11.5 Å². The summed E-state index contributed by atoms with van der Waals surface area (Å²) in [6.07, 6.45) is 3.76. The second-order valence-electron chi connectivity index (χ2n) is 9.86. The van der Waals surface area contributed by atoms with E-state index in [0.29, 0.717) is 11.5 Å². The fourth-order valence-electron chi connectivity index (χ4n) is 3.65. The lowest BCUT2D eigenvalue weighted by molar-refractivity contribution is -0.115. The fraction of sp³-hybridized carbons (Fsp3) is 0.290. The molecular formula is C31H36N2O5. The van der Waals surface area contributed by atoms with E-state index in [4.69, 9.17) is 14.2 Å². The largest absolute Gasteiger partial charge is 0.493 e. The summed E-state index contributed by atoms with van der Waals surface area (Å²) in [5, 5.41) is 5.61. The van der Waals surface area contributed by atoms with Gasteiger partial charge in [-0.3, -0.25) is 4.79 Å². The normalized spacial score (nSPS) is 11.2. The number of alkyl carbamates (subject to hydrolysis) is 1. The van der Waals surface area contributed by atoms with Gasteiger partial charge in [-0.2, -0.15) is 0 Å². The van der Waals surface area contributed by atoms with Crippen LogP contribution in [0.15, 0.2) is 66.7 Å². The molecule has 0 spiro atoms. The number of carbonyl (C=O) groups is 2. The highest BCUT2D eigenvalue weighted by molar-refractivity contribution is 5.92. The lowest BCUT2D eigenvalue weighted by Gasteiger charge is -2.19. The van der Waals surface area contributed by atoms with Gasteiger partial charge in [-0.1, -0.05) is 60.2 Å². The maximum atomic E-state index is 12.7. The second-order valence-corrected chi connectivity index (χ2v) is 9.86. The van der Waals surface area contributed by atoms with E-state index in [-0.39, 0.29) is 25.5 Å². The maximum Gasteiger partial charge on any atom is 0.407 e. The predicted octanol–water partition coefficient (Wildman–Crippen LogP) is 6.26. The van der Waals surface area contributed by atoms with E-state index in [1.165, 1.54) is 5.56 Å². The molecule has 0 aromatic heterocycles. The van der Waals surface area contributed by atoms with Gasteiger partial charge >= 0.3 is 6.09 Å². The minimum absolute atomic E-state index is 0.137. The molecule has 0 fully saturated rings. The zero-order valence-corrected chi connectivity index (χ0v) is 22.7. The van der Waals surface area contributed by atoms with Gasteiger partial charge in [0.1, 0.15) is 12.2 Å². The fourth-order valence-corrected chi connectivity index (χ4v) is 3.65. The first kappa shape index (κ1) is 28.3. The number of anilines is 1. The van der Waals surface area contributed by atoms with Crippen molar-refractivity contribution in [2.24, 2.45) is 0 Å². The van der Waals surface area contributed by atoms with Crippen LogP contribution in [0.25, 0.3) is 12.2 Å². The van der Waals surface area contributed by atoms with Gasteiger partial charge in [0.2, 0.25) is 5.91 Å². The van der Waals surface area contributed by atoms with Crippen LogP contribution in [0.2, 0.25) is 0 Å². The molecule has 0 aliphatic rings. The molecule has 38 heavy (non-hydrogen) atoms. The molecule has 7 heteroatoms. The Morgan fingerprint density at radius 3 is 2.29 bits per heavy atom. The van der Waals surface area contributed by atoms with Crippen LogP contribution in [0.5, 0.6) is 11.5 Å². The topological polar surface area (TPSA) is 85.9 Å². The van der Waals surface area contributed by atoms with Crippen molar-refractivity contribution in [1.82, 2.24) is 5.32 Å². The molecule has 0 radical (unpaired) electrons. The standard InChI is InChI=1S/C31H36N2O5/c1-22-8-6-9-23(18-22)12-13-24-10-7-11-26(19-24)33-29(34)21-25-14-15-27(28(20-25)36-5)37-17-16-32-30(35)38-31(2,3)4/h6-15,18-20H,16-17,21H2,1-5H3,(H,32,35)(H,33,34)/b13-12+. The van der Waals surface area contributed by atoms with Gasteiger partial charge in [0.15, 0.2) is 11.5 Å². The van der Waals surface area contributed by atoms with Crippen LogP contribution in [0.3, 0.4) is 0 Å². The van der Waals surface area contributed by atoms with Gasteiger partial charge in [-0.05, 0) is 68.7 Å². The first-order valence-electron chi connectivity index (χ1n) is 12.5. The van der Waals surface area contributed by atoms with E-state index < -0.39 is 11.7 Å². The molecular weight excluding hydrogens is 480 g/mol. The summed E-state index contributed by atoms with van der Waals surface area (Å²) in [5.74, 6) is 0.897. The summed E-state index contributed by atoms with van der Waals surface area (Å²) < 4.78 is 16.4. The molecule has 3 rings (SSSR count). The van der Waals surface area contributed by atoms with Crippen molar-refractivity contribution in [2.75, 3.05) is 25.6 Å². The smallest absolute Gasteiger partial charge is 0.407 e. The third-order valence-corrected chi connectivity index (χ3v) is 5.30. The highest BCUT2D eigenvalue weighted by atomic mass is 16.6. The van der Waals surface area contributed by atoms with Gasteiger partial charge in [0, 0.05) is 5.69 Å². The van der Waals surface area contributed by atoms with Gasteiger partial charge in [-0.15, -0.1) is 0 Å². The summed E-state index contributed by atoms with van der Waals surface area (Å²) in [6, 6.07) is 21.3. The number of nitrogens with one attached hydrogen (secondary N) is 2. The second kappa shape index (κ2) is 13.3. The van der Waals surface area contributed by atoms with Crippen LogP contribution in [0, 0.1) is 6.92 Å². The third kappa shape index (κ3) is 9.65. The molecule has 0 aliphatic carbocycles. The van der Waals surface area contributed by atoms with Crippen LogP contribution >= 0.6 is 0 Å². The molecule has 0 heterocycles. The molecule has 0 atom stereocenters. The van der Waals surface area contributed by atoms with E-state index in [1.807, 2.05) is 42.5 Å². The van der Waals surface area contributed by atoms with E-state index in [0.717, 1.165) is 22.4 Å². The van der Waals surface area contributed by atoms with Gasteiger partial charge in [0.05, 0.1) is 20.1 Å². The highest BCUT2D eigenvalue weighted by Crippen LogP contribution is 2.28. The van der Waals surface area contributed by atoms with Crippen LogP contribution < -0.4 is 20.1 Å². The SMILES string of the molecule is COc1cc(CC(=O)Nc2cccc(/C=C/c3cccc(C)c3)c2)ccc1OCCNC(=O)OC(C)(C)C. The molecule has 0 saturated heterocycles. The van der Waals surface area contributed by atoms with Crippen LogP contribution in [-0.2, 0) is 16.0 Å². The summed E-state index contributed by atoms with van der Waals surface area (Å²) >= 11 is 0. The molecule has 200 valence electrons. The van der Waals surface area contributed by atoms with Crippen LogP contribution in [-0.4, -0.2) is 37.9 Å². The molecule has 0 unspecified atom stereocenters. The summed E-state index contributed by atoms with van der Waals surface area (Å²) in [7, 11) is 1.54. The van der Waals surface area contributed by atoms with E-state index in [9.17, 15) is 9.59 Å². The Morgan fingerprint density at radius 1 is 0.895 bits per heavy atom. The van der Waals surface area contributed by atoms with Crippen LogP contribution in [0.4, 0.5) is 10.5 Å². The number of hydrogen-bond donors (Lipinski definition) is 2. The van der Waals surface area contributed by atoms with Crippen LogP contribution in [0.1, 0.15) is 43.0 Å². The minimum atomic E-state index is -0.558. The van der Waals surface area contributed by atoms with Crippen molar-refractivity contribution in [2.45, 2.75) is 39.7 Å². The molecule has 7 nitrogen and oxygen atoms in total. The number of ether oxygens (including phenoxy) is 3. The van der Waals surface area contributed by atoms with Gasteiger partial charge in [0.25, 0.3) is 0 Å². The first-order valence-corrected chi connectivity index (χ1v) is 12.5. The molecule has 2 N–H and O–H groups in total. The monoisotopic (exact) mass is 516 g/mol. The number of carbonyl (C=O) groups excluding carboxylic acids is 2. The highest BCUT2D eigenvalue weighted by Gasteiger charge is 2.16. The summed E-state index contributed by atoms with van der Waals surface area (Å²) in [6.45, 7) is 8.00. The lowest BCUT2D eigenvalue weighted by atomic mass is 10.1. The minimum Gasteiger partial charge on any atom is -0.493 e. The van der Waals surface area contributed by atoms with Crippen molar-refractivity contribution in [3.05, 3.63) is 89.0 Å². The number of amides is 2. The van der Waals surface area contributed by atoms with Crippen molar-refractivity contribution in [1.29, 1.82) is 0 Å². The first-order chi connectivity index (χ1) is 18.1. The average molecular weight is 517 g/mol. The molecule has 0 saturated carbocycles. The summed E-state index contributed by atoms with van der Waals surface area (Å²) in [4.78, 5) is 24.5. The lowest BCUT2D eigenvalue weighted by Crippen LogP contribution is -2.34. The van der Waals surface area contributed by atoms with E-state index in [1.54, 1.807) is 40.0 Å². The Bertz CT molecular complexity index is 1280. The molecule has 3 aromatic carbocycles. The van der Waals surface area contributed by atoms with E-state index in [2.05, 4.69) is 41.8 Å². The van der Waals surface area contributed by atoms with Gasteiger partial charge in [-0.25, -0.2) is 4.79 Å². The zero-order chi connectivity index (χ0) is 27.5. The number of benzene rings is 3. The van der Waals surface area contributed by atoms with Gasteiger partial charge < -0.3 is 24.8 Å². The number of methoxy groups -OCH3 is 1. The summed E-state index contributed by atoms with van der Waals surface area (Å²) in [5.41, 5.74) is 4.28. The quantitative estimate of drug-likeness (QED) is 0.245. The Labute approximate surface area is 224 Å².